The largest absolute Gasteiger partial charge is 0.366 e. The summed E-state index contributed by atoms with van der Waals surface area (Å²) in [5.41, 5.74) is 2.88. The van der Waals surface area contributed by atoms with Crippen molar-refractivity contribution in [1.82, 2.24) is 9.97 Å². The molecular formula is C14H13BrClN3. The second kappa shape index (κ2) is 5.47. The number of hydrogen-bond donors (Lipinski definition) is 1. The minimum atomic E-state index is 0.386. The molecule has 2 aromatic rings. The second-order valence-corrected chi connectivity index (χ2v) is 5.83. The molecule has 1 aromatic heterocycles. The van der Waals surface area contributed by atoms with Crippen molar-refractivity contribution in [2.45, 2.75) is 25.3 Å². The van der Waals surface area contributed by atoms with Crippen molar-refractivity contribution in [1.29, 1.82) is 0 Å². The molecule has 1 atom stereocenters. The Morgan fingerprint density at radius 1 is 1.21 bits per heavy atom. The Bertz CT molecular complexity index is 603. The predicted octanol–water partition coefficient (Wildman–Crippen LogP) is 3.86. The van der Waals surface area contributed by atoms with E-state index in [4.69, 9.17) is 11.6 Å². The number of hydrogen-bond acceptors (Lipinski definition) is 3. The molecule has 19 heavy (non-hydrogen) atoms. The highest BCUT2D eigenvalue weighted by Gasteiger charge is 2.19. The molecular weight excluding hydrogens is 326 g/mol. The molecule has 1 heterocycles. The lowest BCUT2D eigenvalue weighted by Crippen LogP contribution is -2.27. The lowest BCUT2D eigenvalue weighted by Gasteiger charge is -2.26. The molecule has 0 fully saturated rings. The number of fused-ring (bicyclic) bond motifs is 1. The van der Waals surface area contributed by atoms with E-state index < -0.39 is 0 Å². The Morgan fingerprint density at radius 3 is 2.84 bits per heavy atom. The SMILES string of the molecule is Clc1ncnc(NC2CCc3ccccc3C2)c1Br. The first-order valence-corrected chi connectivity index (χ1v) is 7.40. The zero-order valence-corrected chi connectivity index (χ0v) is 12.6. The van der Waals surface area contributed by atoms with Crippen molar-refractivity contribution in [3.05, 3.63) is 51.3 Å². The zero-order valence-electron chi connectivity index (χ0n) is 10.2. The van der Waals surface area contributed by atoms with Gasteiger partial charge in [-0.2, -0.15) is 0 Å². The van der Waals surface area contributed by atoms with Gasteiger partial charge in [0, 0.05) is 6.04 Å². The van der Waals surface area contributed by atoms with Crippen molar-refractivity contribution in [3.8, 4) is 0 Å². The standard InChI is InChI=1S/C14H13BrClN3/c15-12-13(16)17-8-18-14(12)19-11-6-5-9-3-1-2-4-10(9)7-11/h1-4,8,11H,5-7H2,(H,17,18,19). The number of aromatic nitrogens is 2. The maximum atomic E-state index is 5.97. The van der Waals surface area contributed by atoms with Gasteiger partial charge >= 0.3 is 0 Å². The van der Waals surface area contributed by atoms with Gasteiger partial charge in [0.25, 0.3) is 0 Å². The van der Waals surface area contributed by atoms with Gasteiger partial charge in [-0.15, -0.1) is 0 Å². The van der Waals surface area contributed by atoms with Crippen LogP contribution < -0.4 is 5.32 Å². The van der Waals surface area contributed by atoms with Gasteiger partial charge in [0.05, 0.1) is 4.47 Å². The highest BCUT2D eigenvalue weighted by Crippen LogP contribution is 2.29. The topological polar surface area (TPSA) is 37.8 Å². The molecule has 0 spiro atoms. The molecule has 1 unspecified atom stereocenters. The van der Waals surface area contributed by atoms with Crippen LogP contribution in [0.4, 0.5) is 5.82 Å². The van der Waals surface area contributed by atoms with Gasteiger partial charge in [-0.3, -0.25) is 0 Å². The van der Waals surface area contributed by atoms with Crippen LogP contribution in [0.2, 0.25) is 5.15 Å². The van der Waals surface area contributed by atoms with E-state index in [1.807, 2.05) is 0 Å². The molecule has 98 valence electrons. The van der Waals surface area contributed by atoms with Crippen molar-refractivity contribution in [3.63, 3.8) is 0 Å². The van der Waals surface area contributed by atoms with E-state index in [9.17, 15) is 0 Å². The summed E-state index contributed by atoms with van der Waals surface area (Å²) in [6.45, 7) is 0. The van der Waals surface area contributed by atoms with Crippen molar-refractivity contribution in [2.24, 2.45) is 0 Å². The molecule has 1 aliphatic carbocycles. The number of halogens is 2. The zero-order chi connectivity index (χ0) is 13.2. The van der Waals surface area contributed by atoms with Crippen LogP contribution in [0.25, 0.3) is 0 Å². The van der Waals surface area contributed by atoms with Gasteiger partial charge in [0.15, 0.2) is 0 Å². The van der Waals surface area contributed by atoms with E-state index in [1.165, 1.54) is 17.5 Å². The summed E-state index contributed by atoms with van der Waals surface area (Å²) in [5, 5.41) is 3.89. The Balaban J connectivity index is 1.77. The Labute approximate surface area is 125 Å². The van der Waals surface area contributed by atoms with Crippen LogP contribution in [0.3, 0.4) is 0 Å². The van der Waals surface area contributed by atoms with Gasteiger partial charge in [-0.1, -0.05) is 35.9 Å². The number of benzene rings is 1. The fraction of sp³-hybridized carbons (Fsp3) is 0.286. The van der Waals surface area contributed by atoms with Gasteiger partial charge in [0.2, 0.25) is 0 Å². The molecule has 3 nitrogen and oxygen atoms in total. The van der Waals surface area contributed by atoms with Crippen molar-refractivity contribution in [2.75, 3.05) is 5.32 Å². The smallest absolute Gasteiger partial charge is 0.148 e. The van der Waals surface area contributed by atoms with E-state index in [0.717, 1.165) is 29.6 Å². The minimum Gasteiger partial charge on any atom is -0.366 e. The van der Waals surface area contributed by atoms with E-state index in [-0.39, 0.29) is 0 Å². The van der Waals surface area contributed by atoms with Crippen LogP contribution in [-0.4, -0.2) is 16.0 Å². The summed E-state index contributed by atoms with van der Waals surface area (Å²) in [6, 6.07) is 9.00. The summed E-state index contributed by atoms with van der Waals surface area (Å²) in [4.78, 5) is 8.17. The lowest BCUT2D eigenvalue weighted by molar-refractivity contribution is 0.608. The highest BCUT2D eigenvalue weighted by atomic mass is 79.9. The number of anilines is 1. The quantitative estimate of drug-likeness (QED) is 0.845. The normalized spacial score (nSPS) is 17.9. The Morgan fingerprint density at radius 2 is 2.00 bits per heavy atom. The molecule has 5 heteroatoms. The predicted molar refractivity (Wildman–Crippen MR) is 80.6 cm³/mol. The molecule has 1 N–H and O–H groups in total. The summed E-state index contributed by atoms with van der Waals surface area (Å²) < 4.78 is 0.732. The van der Waals surface area contributed by atoms with Crippen LogP contribution >= 0.6 is 27.5 Å². The summed E-state index contributed by atoms with van der Waals surface area (Å²) in [5.74, 6) is 0.768. The van der Waals surface area contributed by atoms with Crippen LogP contribution in [-0.2, 0) is 12.8 Å². The molecule has 0 radical (unpaired) electrons. The molecule has 0 amide bonds. The first kappa shape index (κ1) is 12.9. The summed E-state index contributed by atoms with van der Waals surface area (Å²) in [7, 11) is 0. The van der Waals surface area contributed by atoms with Crippen LogP contribution in [0.5, 0.6) is 0 Å². The molecule has 1 aliphatic rings. The second-order valence-electron chi connectivity index (χ2n) is 4.68. The Hall–Kier alpha value is -1.13. The van der Waals surface area contributed by atoms with Crippen molar-refractivity contribution < 1.29 is 0 Å². The summed E-state index contributed by atoms with van der Waals surface area (Å²) in [6.07, 6.45) is 4.70. The van der Waals surface area contributed by atoms with E-state index >= 15 is 0 Å². The third kappa shape index (κ3) is 2.74. The van der Waals surface area contributed by atoms with Crippen LogP contribution in [0, 0.1) is 0 Å². The third-order valence-corrected chi connectivity index (χ3v) is 4.70. The Kier molecular flexibility index (Phi) is 3.71. The average molecular weight is 339 g/mol. The van der Waals surface area contributed by atoms with Crippen molar-refractivity contribution >= 4 is 33.3 Å². The number of rotatable bonds is 2. The molecule has 1 aromatic carbocycles. The minimum absolute atomic E-state index is 0.386. The summed E-state index contributed by atoms with van der Waals surface area (Å²) >= 11 is 9.39. The molecule has 0 saturated heterocycles. The van der Waals surface area contributed by atoms with Gasteiger partial charge in [-0.05, 0) is 46.3 Å². The molecule has 0 aliphatic heterocycles. The van der Waals surface area contributed by atoms with Crippen LogP contribution in [0.1, 0.15) is 17.5 Å². The van der Waals surface area contributed by atoms with E-state index in [2.05, 4.69) is 55.5 Å². The average Bonchev–Trinajstić information content (AvgIpc) is 2.44. The van der Waals surface area contributed by atoms with E-state index in [0.29, 0.717) is 11.2 Å². The number of nitrogens with zero attached hydrogens (tertiary/aromatic N) is 2. The third-order valence-electron chi connectivity index (χ3n) is 3.43. The highest BCUT2D eigenvalue weighted by molar-refractivity contribution is 9.10. The molecule has 0 saturated carbocycles. The lowest BCUT2D eigenvalue weighted by atomic mass is 9.88. The fourth-order valence-corrected chi connectivity index (χ4v) is 2.92. The van der Waals surface area contributed by atoms with Gasteiger partial charge in [-0.25, -0.2) is 9.97 Å². The fourth-order valence-electron chi connectivity index (χ4n) is 2.46. The first-order chi connectivity index (χ1) is 9.24. The monoisotopic (exact) mass is 337 g/mol. The van der Waals surface area contributed by atoms with Gasteiger partial charge in [0.1, 0.15) is 17.3 Å². The maximum absolute atomic E-state index is 5.97. The number of nitrogens with one attached hydrogen (secondary N) is 1. The maximum Gasteiger partial charge on any atom is 0.148 e. The number of aryl methyl sites for hydroxylation is 1. The molecule has 0 bridgehead atoms. The van der Waals surface area contributed by atoms with Gasteiger partial charge < -0.3 is 5.32 Å². The molecule has 3 rings (SSSR count). The first-order valence-electron chi connectivity index (χ1n) is 6.23. The van der Waals surface area contributed by atoms with E-state index in [1.54, 1.807) is 0 Å². The van der Waals surface area contributed by atoms with Crippen LogP contribution in [0.15, 0.2) is 35.1 Å².